The Kier molecular flexibility index (Phi) is 7.22. The fraction of sp³-hybridized carbons (Fsp3) is 0.375. The van der Waals surface area contributed by atoms with Gasteiger partial charge >= 0.3 is 0 Å². The van der Waals surface area contributed by atoms with Gasteiger partial charge in [-0.25, -0.2) is 0 Å². The van der Waals surface area contributed by atoms with Gasteiger partial charge in [0, 0.05) is 12.3 Å². The molecule has 1 heterocycles. The predicted molar refractivity (Wildman–Crippen MR) is 118 cm³/mol. The third kappa shape index (κ3) is 5.69. The van der Waals surface area contributed by atoms with Gasteiger partial charge in [-0.3, -0.25) is 4.79 Å². The number of aromatic nitrogens is 2. The van der Waals surface area contributed by atoms with Gasteiger partial charge in [-0.15, -0.1) is 0 Å². The number of hydrogen-bond acceptors (Lipinski definition) is 5. The van der Waals surface area contributed by atoms with Crippen molar-refractivity contribution in [3.8, 4) is 17.2 Å². The van der Waals surface area contributed by atoms with Crippen LogP contribution in [0.5, 0.6) is 5.75 Å². The second-order valence-electron chi connectivity index (χ2n) is 7.78. The second kappa shape index (κ2) is 10.1. The van der Waals surface area contributed by atoms with Crippen molar-refractivity contribution in [1.82, 2.24) is 10.1 Å². The first-order valence-corrected chi connectivity index (χ1v) is 10.4. The molecule has 3 rings (SSSR count). The number of nitrogens with one attached hydrogen (secondary N) is 1. The highest BCUT2D eigenvalue weighted by Crippen LogP contribution is 2.30. The Morgan fingerprint density at radius 1 is 1.13 bits per heavy atom. The van der Waals surface area contributed by atoms with E-state index in [2.05, 4.69) is 15.5 Å². The van der Waals surface area contributed by atoms with Gasteiger partial charge in [-0.1, -0.05) is 43.3 Å². The minimum absolute atomic E-state index is 0.0373. The lowest BCUT2D eigenvalue weighted by molar-refractivity contribution is -0.116. The van der Waals surface area contributed by atoms with Gasteiger partial charge in [-0.05, 0) is 56.0 Å². The summed E-state index contributed by atoms with van der Waals surface area (Å²) in [5, 5.41) is 7.05. The molecule has 0 radical (unpaired) electrons. The molecule has 1 N–H and O–H groups in total. The third-order valence-corrected chi connectivity index (χ3v) is 4.78. The standard InChI is InChI=1S/C24H29N3O3/c1-16(2)23-26-24(30-27-23)20-12-8-10-18(4)22(20)25-21(28)13-5-6-14-29-19-11-7-9-17(3)15-19/h7-12,15-16H,5-6,13-14H2,1-4H3,(H,25,28). The molecule has 0 unspecified atom stereocenters. The fourth-order valence-electron chi connectivity index (χ4n) is 3.08. The molecule has 0 aliphatic heterocycles. The lowest BCUT2D eigenvalue weighted by Gasteiger charge is -2.12. The molecule has 0 saturated carbocycles. The van der Waals surface area contributed by atoms with Crippen LogP contribution in [0.25, 0.3) is 11.5 Å². The third-order valence-electron chi connectivity index (χ3n) is 4.78. The number of aryl methyl sites for hydroxylation is 2. The number of hydrogen-bond donors (Lipinski definition) is 1. The first kappa shape index (κ1) is 21.6. The molecule has 6 heteroatoms. The van der Waals surface area contributed by atoms with Crippen LogP contribution in [0, 0.1) is 13.8 Å². The maximum Gasteiger partial charge on any atom is 0.260 e. The molecule has 3 aromatic rings. The van der Waals surface area contributed by atoms with E-state index in [1.807, 2.05) is 70.2 Å². The zero-order valence-electron chi connectivity index (χ0n) is 18.1. The molecule has 0 aliphatic carbocycles. The van der Waals surface area contributed by atoms with Crippen molar-refractivity contribution < 1.29 is 14.1 Å². The summed E-state index contributed by atoms with van der Waals surface area (Å²) in [6, 6.07) is 13.7. The monoisotopic (exact) mass is 407 g/mol. The van der Waals surface area contributed by atoms with Crippen LogP contribution in [-0.2, 0) is 4.79 Å². The second-order valence-corrected chi connectivity index (χ2v) is 7.78. The Labute approximate surface area is 177 Å². The summed E-state index contributed by atoms with van der Waals surface area (Å²) in [6.07, 6.45) is 1.98. The van der Waals surface area contributed by atoms with Gasteiger partial charge in [0.25, 0.3) is 5.89 Å². The molecule has 0 bridgehead atoms. The number of rotatable bonds is 9. The Morgan fingerprint density at radius 3 is 2.67 bits per heavy atom. The molecule has 0 spiro atoms. The quantitative estimate of drug-likeness (QED) is 0.463. The highest BCUT2D eigenvalue weighted by atomic mass is 16.5. The highest BCUT2D eigenvalue weighted by Gasteiger charge is 2.17. The van der Waals surface area contributed by atoms with E-state index in [0.717, 1.165) is 35.4 Å². The molecule has 1 amide bonds. The van der Waals surface area contributed by atoms with E-state index in [9.17, 15) is 4.79 Å². The molecular formula is C24H29N3O3. The number of amides is 1. The van der Waals surface area contributed by atoms with Crippen molar-refractivity contribution in [3.05, 3.63) is 59.4 Å². The van der Waals surface area contributed by atoms with Gasteiger partial charge < -0.3 is 14.6 Å². The molecule has 30 heavy (non-hydrogen) atoms. The SMILES string of the molecule is Cc1cccc(OCCCCC(=O)Nc2c(C)cccc2-c2nc(C(C)C)no2)c1. The summed E-state index contributed by atoms with van der Waals surface area (Å²) in [5.74, 6) is 2.07. The van der Waals surface area contributed by atoms with Crippen LogP contribution < -0.4 is 10.1 Å². The van der Waals surface area contributed by atoms with Crippen LogP contribution in [0.15, 0.2) is 47.0 Å². The molecule has 0 atom stereocenters. The summed E-state index contributed by atoms with van der Waals surface area (Å²) in [4.78, 5) is 17.0. The van der Waals surface area contributed by atoms with Crippen molar-refractivity contribution in [2.75, 3.05) is 11.9 Å². The van der Waals surface area contributed by atoms with E-state index in [-0.39, 0.29) is 11.8 Å². The Hall–Kier alpha value is -3.15. The molecular weight excluding hydrogens is 378 g/mol. The first-order chi connectivity index (χ1) is 14.4. The van der Waals surface area contributed by atoms with E-state index in [1.54, 1.807) is 0 Å². The van der Waals surface area contributed by atoms with Crippen LogP contribution in [-0.4, -0.2) is 22.7 Å². The van der Waals surface area contributed by atoms with Crippen LogP contribution in [0.4, 0.5) is 5.69 Å². The zero-order chi connectivity index (χ0) is 21.5. The van der Waals surface area contributed by atoms with Crippen molar-refractivity contribution in [2.45, 2.75) is 52.9 Å². The number of benzene rings is 2. The van der Waals surface area contributed by atoms with Crippen molar-refractivity contribution in [3.63, 3.8) is 0 Å². The van der Waals surface area contributed by atoms with Gasteiger partial charge in [0.05, 0.1) is 17.9 Å². The molecule has 1 aromatic heterocycles. The fourth-order valence-corrected chi connectivity index (χ4v) is 3.08. The lowest BCUT2D eigenvalue weighted by Crippen LogP contribution is -2.13. The largest absolute Gasteiger partial charge is 0.494 e. The van der Waals surface area contributed by atoms with Gasteiger partial charge in [0.1, 0.15) is 5.75 Å². The number of carbonyl (C=O) groups is 1. The number of ether oxygens (including phenoxy) is 1. The van der Waals surface area contributed by atoms with E-state index >= 15 is 0 Å². The summed E-state index contributed by atoms with van der Waals surface area (Å²) >= 11 is 0. The number of unbranched alkanes of at least 4 members (excludes halogenated alkanes) is 1. The average molecular weight is 408 g/mol. The summed E-state index contributed by atoms with van der Waals surface area (Å²) in [6.45, 7) is 8.60. The van der Waals surface area contributed by atoms with Gasteiger partial charge in [0.15, 0.2) is 5.82 Å². The number of para-hydroxylation sites is 1. The number of nitrogens with zero attached hydrogens (tertiary/aromatic N) is 2. The lowest BCUT2D eigenvalue weighted by atomic mass is 10.1. The van der Waals surface area contributed by atoms with Crippen LogP contribution in [0.3, 0.4) is 0 Å². The summed E-state index contributed by atoms with van der Waals surface area (Å²) in [5.41, 5.74) is 3.58. The van der Waals surface area contributed by atoms with Crippen molar-refractivity contribution in [2.24, 2.45) is 0 Å². The normalized spacial score (nSPS) is 11.0. The molecule has 6 nitrogen and oxygen atoms in total. The maximum atomic E-state index is 12.5. The molecule has 0 aliphatic rings. The number of anilines is 1. The predicted octanol–water partition coefficient (Wildman–Crippen LogP) is 5.66. The molecule has 0 fully saturated rings. The molecule has 2 aromatic carbocycles. The zero-order valence-corrected chi connectivity index (χ0v) is 18.1. The van der Waals surface area contributed by atoms with Crippen LogP contribution in [0.2, 0.25) is 0 Å². The average Bonchev–Trinajstić information content (AvgIpc) is 3.20. The minimum atomic E-state index is -0.0373. The Bertz CT molecular complexity index is 995. The van der Waals surface area contributed by atoms with Crippen LogP contribution >= 0.6 is 0 Å². The van der Waals surface area contributed by atoms with Crippen molar-refractivity contribution in [1.29, 1.82) is 0 Å². The topological polar surface area (TPSA) is 77.2 Å². The Balaban J connectivity index is 1.54. The Morgan fingerprint density at radius 2 is 1.93 bits per heavy atom. The highest BCUT2D eigenvalue weighted by molar-refractivity contribution is 5.95. The van der Waals surface area contributed by atoms with E-state index in [1.165, 1.54) is 5.56 Å². The van der Waals surface area contributed by atoms with Gasteiger partial charge in [-0.2, -0.15) is 4.98 Å². The summed E-state index contributed by atoms with van der Waals surface area (Å²) < 4.78 is 11.2. The number of carbonyl (C=O) groups excluding carboxylic acids is 1. The van der Waals surface area contributed by atoms with E-state index < -0.39 is 0 Å². The van der Waals surface area contributed by atoms with E-state index in [0.29, 0.717) is 24.7 Å². The van der Waals surface area contributed by atoms with Crippen molar-refractivity contribution >= 4 is 11.6 Å². The summed E-state index contributed by atoms with van der Waals surface area (Å²) in [7, 11) is 0. The smallest absolute Gasteiger partial charge is 0.260 e. The van der Waals surface area contributed by atoms with E-state index in [4.69, 9.17) is 9.26 Å². The maximum absolute atomic E-state index is 12.5. The van der Waals surface area contributed by atoms with Gasteiger partial charge in [0.2, 0.25) is 5.91 Å². The van der Waals surface area contributed by atoms with Crippen LogP contribution in [0.1, 0.15) is 56.0 Å². The molecule has 158 valence electrons. The first-order valence-electron chi connectivity index (χ1n) is 10.4. The minimum Gasteiger partial charge on any atom is -0.494 e. The molecule has 0 saturated heterocycles.